The molecule has 0 aliphatic rings. The third-order valence-electron chi connectivity index (χ3n) is 19.3. The minimum absolute atomic E-state index is 0. The minimum Gasteiger partial charge on any atom is -0.618 e. The van der Waals surface area contributed by atoms with Crippen molar-refractivity contribution in [2.45, 2.75) is 140 Å². The second-order valence-electron chi connectivity index (χ2n) is 32.7. The number of fused-ring (bicyclic) bond motifs is 6. The van der Waals surface area contributed by atoms with Gasteiger partial charge in [-0.1, -0.05) is 300 Å². The summed E-state index contributed by atoms with van der Waals surface area (Å²) in [6.45, 7) is 27.6. The Labute approximate surface area is 984 Å². The van der Waals surface area contributed by atoms with Gasteiger partial charge in [0, 0.05) is 241 Å². The second kappa shape index (κ2) is 64.4. The Balaban J connectivity index is 0.000000814. The van der Waals surface area contributed by atoms with Crippen molar-refractivity contribution in [3.63, 3.8) is 0 Å². The summed E-state index contributed by atoms with van der Waals surface area (Å²) in [5, 5.41) is 80.8. The van der Waals surface area contributed by atoms with Crippen LogP contribution in [0.3, 0.4) is 0 Å². The van der Waals surface area contributed by atoms with Crippen molar-refractivity contribution in [3.8, 4) is 6.07 Å². The molecule has 16 rings (SSSR count). The van der Waals surface area contributed by atoms with E-state index in [0.717, 1.165) is 55.2 Å². The number of H-pyrrole nitrogens is 1. The van der Waals surface area contributed by atoms with Gasteiger partial charge in [-0.2, -0.15) is 25.4 Å². The zero-order chi connectivity index (χ0) is 98.7. The Hall–Kier alpha value is -4.18. The van der Waals surface area contributed by atoms with Gasteiger partial charge < -0.3 is 30.6 Å². The first-order valence-electron chi connectivity index (χ1n) is 40.4. The quantitative estimate of drug-likeness (QED) is 0.0155. The molecule has 9 heterocycles. The molecule has 0 bridgehead atoms. The van der Waals surface area contributed by atoms with E-state index in [0.29, 0.717) is 158 Å². The molecule has 141 heavy (non-hydrogen) atoms. The van der Waals surface area contributed by atoms with Crippen LogP contribution in [-0.4, -0.2) is 116 Å². The second-order valence-corrected chi connectivity index (χ2v) is 53.1. The fourth-order valence-corrected chi connectivity index (χ4v) is 15.7. The number of aromatic nitrogens is 15. The Bertz CT molecular complexity index is 6850. The smallest absolute Gasteiger partial charge is 0.225 e. The average Bonchev–Trinajstić information content (AvgIpc) is 1.69. The largest absolute Gasteiger partial charge is 0.618 e. The first-order valence-corrected chi connectivity index (χ1v) is 57.1. The van der Waals surface area contributed by atoms with Crippen LogP contribution in [0.4, 0.5) is 5.69 Å². The topological polar surface area (TPSA) is 320 Å². The number of halogens is 14. The van der Waals surface area contributed by atoms with E-state index in [1.165, 1.54) is 36.2 Å². The van der Waals surface area contributed by atoms with Crippen molar-refractivity contribution in [1.82, 2.24) is 70.3 Å². The van der Waals surface area contributed by atoms with E-state index in [1.807, 2.05) is 90.1 Å². The number of anilines is 1. The molecule has 2 unspecified atom stereocenters. The number of benzene rings is 7. The summed E-state index contributed by atoms with van der Waals surface area (Å²) in [6.07, 6.45) is 9.82. The summed E-state index contributed by atoms with van der Waals surface area (Å²) in [5.41, 5.74) is 10.0. The van der Waals surface area contributed by atoms with Crippen molar-refractivity contribution in [2.75, 3.05) is 18.9 Å². The van der Waals surface area contributed by atoms with E-state index >= 15 is 0 Å². The van der Waals surface area contributed by atoms with Gasteiger partial charge >= 0.3 is 0 Å². The first-order chi connectivity index (χ1) is 63.3. The molecule has 746 valence electrons. The average molecular weight is 2810 g/mol. The molecule has 0 aliphatic carbocycles. The van der Waals surface area contributed by atoms with Gasteiger partial charge in [0.1, 0.15) is 42.3 Å². The number of nitrogens with two attached hydrogens (primary N) is 1. The zero-order valence-corrected chi connectivity index (χ0v) is 103. The van der Waals surface area contributed by atoms with Crippen LogP contribution in [0.2, 0.25) is 122 Å². The summed E-state index contributed by atoms with van der Waals surface area (Å²) in [4.78, 5) is 33.6. The van der Waals surface area contributed by atoms with Crippen LogP contribution in [0.5, 0.6) is 0 Å². The standard InChI is InChI=1S/C21H28Cl2N4O2Si.C15H14Cl2N4O.C13H11Cl2NO.C10H4Cl2N2.C9H5Cl2NO.C9H5Cl2N.C8H17N3OSi.C6H5Cl2N.3CH4.S4.U.V.W.Y/c1-14(2)21(28,19-7-6-15-10-16(22)17(23)11-18(15)24-19)20-12-27(26-25-20)13-29-8-9-30(3,4)5;1-8(2)15(22,14-7-18-21-20-14)13-4-3-9-5-10(16)11(17)6-12(9)19-13;1-7(2)13(17)11-4-3-8-5-9(14)10(15)6-12(8)16-11;11-8-3-6-1-2-7(5-13)14-10(6)4-9(8)12;10-7-4-6-2-1-3-12(13)9(6)5-8(7)11;10-7-4-6-2-1-3-12-9(6)5-8(7)11;1-13(2,3)7-6-12-8-11-5-4-9-10-11;7-5-2-1-4(9)3-6(5)8;;;;1-3-4-2;;;;/h6-7,10-12,14,28H,8-9,13H2,1-5H3;3-8,22H,1-2H3,(H,18,20,21);3-7H,1-2H3;1-4H;1-5H;1-5H;4-5H,6-8H2,1-3H3;1-3H,9H2;3*1H4;;;;;. The monoisotopic (exact) mass is 2800 g/mol. The van der Waals surface area contributed by atoms with Gasteiger partial charge in [-0.3, -0.25) is 9.78 Å². The fourth-order valence-electron chi connectivity index (χ4n) is 11.9. The summed E-state index contributed by atoms with van der Waals surface area (Å²) >= 11 is 90.9. The van der Waals surface area contributed by atoms with Crippen molar-refractivity contribution in [1.29, 1.82) is 5.26 Å². The van der Waals surface area contributed by atoms with Crippen molar-refractivity contribution in [2.24, 2.45) is 17.8 Å². The number of ketones is 1. The number of pyridine rings is 6. The number of nitriles is 1. The molecular weight excluding hydrogens is 2710 g/mol. The summed E-state index contributed by atoms with van der Waals surface area (Å²) in [5.74, 6) is -0.380. The molecule has 2 atom stereocenters. The van der Waals surface area contributed by atoms with E-state index in [-0.39, 0.29) is 149 Å². The van der Waals surface area contributed by atoms with Gasteiger partial charge in [0.05, 0.1) is 128 Å². The molecule has 0 aliphatic heterocycles. The molecule has 5 N–H and O–H groups in total. The Morgan fingerprint density at radius 3 is 1.34 bits per heavy atom. The third kappa shape index (κ3) is 40.9. The molecule has 9 aromatic heterocycles. The van der Waals surface area contributed by atoms with E-state index in [9.17, 15) is 20.2 Å². The SMILES string of the molecule is C.C.C.CC(C)C(=O)c1ccc2cc(Cl)c(Cl)cc2n1.CC(C)C(O)(c1cn(COCC[Si](C)(C)C)nn1)c1ccc2cc(Cl)c(Cl)cc2n1.CC(C)C(O)(c1cn[nH]n1)c1ccc2cc(Cl)c(Cl)cc2n1.C[Si](C)(C)CCOCn1ccnn1.Clc1cc2cccnc2cc1Cl.N#Cc1ccc2cc(Cl)c(Cl)cc2n1.Nc1ccc(Cl)c(Cl)c1.S=S=S=S.[O-][n+]1cccc2cc(Cl)c(Cl)cc21.[U].[V].[W].[Y]. The number of nitrogens with one attached hydrogen (secondary N) is 1. The minimum atomic E-state index is -1.41. The number of ether oxygens (including phenoxy) is 2. The van der Waals surface area contributed by atoms with Crippen molar-refractivity contribution >= 4 is 296 Å². The Morgan fingerprint density at radius 1 is 0.518 bits per heavy atom. The maximum atomic E-state index is 11.8. The van der Waals surface area contributed by atoms with Gasteiger partial charge in [0.2, 0.25) is 5.52 Å². The number of carbonyl (C=O) groups is 1. The van der Waals surface area contributed by atoms with Gasteiger partial charge in [0.25, 0.3) is 0 Å². The molecule has 0 amide bonds. The number of nitrogen functional groups attached to an aromatic ring is 1. The molecule has 47 heteroatoms. The van der Waals surface area contributed by atoms with Crippen LogP contribution < -0.4 is 10.5 Å². The number of carbonyl (C=O) groups excluding carboxylic acids is 1. The van der Waals surface area contributed by atoms with Crippen molar-refractivity contribution < 1.29 is 133 Å². The summed E-state index contributed by atoms with van der Waals surface area (Å²) in [7, 11) is 0.247. The fraction of sp³-hybridized carbons (Fsp3) is 0.277. The number of Topliss-reactive ketones (excluding diaryl/α,β-unsaturated/α-hetero) is 1. The van der Waals surface area contributed by atoms with Gasteiger partial charge in [0.15, 0.2) is 23.2 Å². The predicted molar refractivity (Wildman–Crippen MR) is 586 cm³/mol. The van der Waals surface area contributed by atoms with Crippen LogP contribution in [0.1, 0.15) is 103 Å². The molecule has 2 radical (unpaired) electrons. The van der Waals surface area contributed by atoms with Crippen molar-refractivity contribution in [3.05, 3.63) is 311 Å². The number of hydrogen-bond acceptors (Lipinski definition) is 21. The molecule has 23 nitrogen and oxygen atoms in total. The number of nitrogens with zero attached hydrogens (tertiary/aromatic N) is 15. The molecule has 0 spiro atoms. The molecule has 0 fully saturated rings. The predicted octanol–water partition coefficient (Wildman–Crippen LogP) is 29.1. The molecule has 0 saturated heterocycles. The Kier molecular flexibility index (Phi) is 61.6. The van der Waals surface area contributed by atoms with E-state index in [1.54, 1.807) is 155 Å². The van der Waals surface area contributed by atoms with Crippen LogP contribution in [0.15, 0.2) is 201 Å². The molecule has 7 aromatic carbocycles. The first kappa shape index (κ1) is 135. The third-order valence-corrected chi connectivity index (χ3v) is 30.0. The van der Waals surface area contributed by atoms with E-state index < -0.39 is 27.3 Å². The summed E-state index contributed by atoms with van der Waals surface area (Å²) in [6, 6.07) is 51.3. The number of rotatable bonds is 18. The van der Waals surface area contributed by atoms with Crippen LogP contribution in [-0.2, 0) is 147 Å². The van der Waals surface area contributed by atoms with Gasteiger partial charge in [-0.15, -0.1) is 10.2 Å². The number of aromatic amines is 1. The Morgan fingerprint density at radius 2 is 0.922 bits per heavy atom. The maximum Gasteiger partial charge on any atom is 0.225 e. The summed E-state index contributed by atoms with van der Waals surface area (Å²) < 4.78 is 15.2. The molecular formula is C94H101Cl14N17O6S4Si2UVWY. The molecule has 0 saturated carbocycles. The number of aliphatic hydroxyl groups is 2. The van der Waals surface area contributed by atoms with E-state index in [2.05, 4.69) is 123 Å². The zero-order valence-electron chi connectivity index (χ0n) is 75.7. The normalized spacial score (nSPS) is 11.4. The van der Waals surface area contributed by atoms with Crippen LogP contribution in [0, 0.1) is 65.4 Å². The molecule has 16 aromatic rings. The van der Waals surface area contributed by atoms with Crippen LogP contribution in [0.25, 0.3) is 65.4 Å². The van der Waals surface area contributed by atoms with Crippen LogP contribution >= 0.6 is 162 Å². The maximum absolute atomic E-state index is 11.8. The number of hydrogen-bond donors (Lipinski definition) is 4. The van der Waals surface area contributed by atoms with Gasteiger partial charge in [-0.05, 0) is 151 Å². The van der Waals surface area contributed by atoms with Gasteiger partial charge in [-0.25, -0.2) is 29.3 Å². The van der Waals surface area contributed by atoms with E-state index in [4.69, 9.17) is 183 Å².